The molecule has 1 aromatic carbocycles. The second-order valence-electron chi connectivity index (χ2n) is 5.05. The van der Waals surface area contributed by atoms with Crippen molar-refractivity contribution in [2.45, 2.75) is 12.5 Å². The highest BCUT2D eigenvalue weighted by molar-refractivity contribution is 5.87. The fourth-order valence-electron chi connectivity index (χ4n) is 3.02. The molecule has 0 aliphatic carbocycles. The molecule has 96 valence electrons. The van der Waals surface area contributed by atoms with Crippen molar-refractivity contribution in [3.8, 4) is 5.75 Å². The number of nitrogens with one attached hydrogen (secondary N) is 1. The molecule has 0 amide bonds. The maximum Gasteiger partial charge on any atom is 0.124 e. The van der Waals surface area contributed by atoms with Gasteiger partial charge in [0.1, 0.15) is 5.75 Å². The van der Waals surface area contributed by atoms with Crippen LogP contribution in [0.5, 0.6) is 5.75 Å². The molecule has 0 bridgehead atoms. The first kappa shape index (κ1) is 11.6. The van der Waals surface area contributed by atoms with E-state index in [1.807, 2.05) is 19.2 Å². The van der Waals surface area contributed by atoms with Crippen LogP contribution >= 0.6 is 0 Å². The van der Waals surface area contributed by atoms with Crippen molar-refractivity contribution in [1.82, 2.24) is 9.88 Å². The second kappa shape index (κ2) is 4.30. The van der Waals surface area contributed by atoms with Gasteiger partial charge < -0.3 is 20.7 Å². The Kier molecular flexibility index (Phi) is 2.76. The predicted molar refractivity (Wildman–Crippen MR) is 72.5 cm³/mol. The summed E-state index contributed by atoms with van der Waals surface area (Å²) in [4.78, 5) is 0. The summed E-state index contributed by atoms with van der Waals surface area (Å²) >= 11 is 0. The van der Waals surface area contributed by atoms with Crippen LogP contribution < -0.4 is 11.1 Å². The van der Waals surface area contributed by atoms with Gasteiger partial charge in [0.05, 0.1) is 11.6 Å². The summed E-state index contributed by atoms with van der Waals surface area (Å²) in [6.45, 7) is 1.71. The molecule has 2 atom stereocenters. The van der Waals surface area contributed by atoms with Crippen molar-refractivity contribution in [1.29, 1.82) is 0 Å². The number of aromatic hydroxyl groups is 1. The number of nitrogens with two attached hydrogens (primary N) is 1. The molecule has 0 saturated carbocycles. The highest BCUT2D eigenvalue weighted by Gasteiger charge is 2.29. The minimum atomic E-state index is 0.298. The van der Waals surface area contributed by atoms with Crippen LogP contribution in [0.25, 0.3) is 10.9 Å². The van der Waals surface area contributed by atoms with Crippen molar-refractivity contribution < 1.29 is 5.11 Å². The number of aryl methyl sites for hydroxylation is 1. The molecule has 2 aromatic rings. The normalized spacial score (nSPS) is 23.9. The molecule has 2 unspecified atom stereocenters. The number of aromatic nitrogens is 1. The minimum absolute atomic E-state index is 0.298. The Labute approximate surface area is 106 Å². The van der Waals surface area contributed by atoms with Gasteiger partial charge in [-0.05, 0) is 43.6 Å². The molecule has 1 aliphatic rings. The van der Waals surface area contributed by atoms with E-state index in [2.05, 4.69) is 16.0 Å². The van der Waals surface area contributed by atoms with Gasteiger partial charge in [-0.15, -0.1) is 0 Å². The van der Waals surface area contributed by atoms with Crippen molar-refractivity contribution in [2.24, 2.45) is 18.7 Å². The first-order chi connectivity index (χ1) is 8.72. The van der Waals surface area contributed by atoms with Gasteiger partial charge in [-0.3, -0.25) is 0 Å². The molecule has 2 heterocycles. The maximum absolute atomic E-state index is 9.92. The lowest BCUT2D eigenvalue weighted by molar-refractivity contribution is 0.454. The highest BCUT2D eigenvalue weighted by Crippen LogP contribution is 2.34. The van der Waals surface area contributed by atoms with E-state index in [0.717, 1.165) is 23.9 Å². The quantitative estimate of drug-likeness (QED) is 0.751. The van der Waals surface area contributed by atoms with Crippen molar-refractivity contribution in [3.05, 3.63) is 30.0 Å². The fourth-order valence-corrected chi connectivity index (χ4v) is 3.02. The van der Waals surface area contributed by atoms with E-state index in [-0.39, 0.29) is 0 Å². The number of hydrogen-bond acceptors (Lipinski definition) is 3. The van der Waals surface area contributed by atoms with Gasteiger partial charge in [0.25, 0.3) is 0 Å². The van der Waals surface area contributed by atoms with Crippen LogP contribution in [0.2, 0.25) is 0 Å². The number of hydrogen-bond donors (Lipinski definition) is 3. The zero-order valence-corrected chi connectivity index (χ0v) is 10.6. The first-order valence-corrected chi connectivity index (χ1v) is 6.43. The van der Waals surface area contributed by atoms with Crippen LogP contribution in [-0.2, 0) is 7.05 Å². The fraction of sp³-hybridized carbons (Fsp3) is 0.429. The standard InChI is InChI=1S/C14H19N3O/c1-17-11-3-2-4-13(18)10(11)7-12(17)14-9(8-15)5-6-16-14/h2-4,7,9,14,16,18H,5-6,8,15H2,1H3. The Morgan fingerprint density at radius 2 is 2.33 bits per heavy atom. The molecule has 0 radical (unpaired) electrons. The lowest BCUT2D eigenvalue weighted by Crippen LogP contribution is -2.25. The van der Waals surface area contributed by atoms with Crippen molar-refractivity contribution in [2.75, 3.05) is 13.1 Å². The summed E-state index contributed by atoms with van der Waals surface area (Å²) < 4.78 is 2.15. The average Bonchev–Trinajstić information content (AvgIpc) is 2.95. The molecule has 1 fully saturated rings. The zero-order valence-electron chi connectivity index (χ0n) is 10.6. The Morgan fingerprint density at radius 1 is 1.50 bits per heavy atom. The van der Waals surface area contributed by atoms with Crippen molar-refractivity contribution >= 4 is 10.9 Å². The summed E-state index contributed by atoms with van der Waals surface area (Å²) in [6.07, 6.45) is 1.12. The average molecular weight is 245 g/mol. The molecule has 4 heteroatoms. The SMILES string of the molecule is Cn1c(C2NCCC2CN)cc2c(O)cccc21. The lowest BCUT2D eigenvalue weighted by atomic mass is 9.98. The minimum Gasteiger partial charge on any atom is -0.507 e. The first-order valence-electron chi connectivity index (χ1n) is 6.43. The molecule has 4 N–H and O–H groups in total. The number of phenols is 1. The summed E-state index contributed by atoms with van der Waals surface area (Å²) in [5.41, 5.74) is 8.11. The summed E-state index contributed by atoms with van der Waals surface area (Å²) in [6, 6.07) is 8.02. The maximum atomic E-state index is 9.92. The van der Waals surface area contributed by atoms with Gasteiger partial charge >= 0.3 is 0 Å². The van der Waals surface area contributed by atoms with Crippen LogP contribution in [0.1, 0.15) is 18.2 Å². The molecule has 0 spiro atoms. The number of phenolic OH excluding ortho intramolecular Hbond substituents is 1. The highest BCUT2D eigenvalue weighted by atomic mass is 16.3. The molecular formula is C14H19N3O. The smallest absolute Gasteiger partial charge is 0.124 e. The van der Waals surface area contributed by atoms with E-state index in [9.17, 15) is 5.11 Å². The van der Waals surface area contributed by atoms with Gasteiger partial charge in [-0.2, -0.15) is 0 Å². The monoisotopic (exact) mass is 245 g/mol. The van der Waals surface area contributed by atoms with E-state index in [4.69, 9.17) is 5.73 Å². The van der Waals surface area contributed by atoms with E-state index in [0.29, 0.717) is 24.3 Å². The Balaban J connectivity index is 2.12. The van der Waals surface area contributed by atoms with Gasteiger partial charge in [-0.1, -0.05) is 6.07 Å². The topological polar surface area (TPSA) is 63.2 Å². The van der Waals surface area contributed by atoms with E-state index in [1.54, 1.807) is 6.07 Å². The van der Waals surface area contributed by atoms with Gasteiger partial charge in [0.2, 0.25) is 0 Å². The summed E-state index contributed by atoms with van der Waals surface area (Å²) in [5, 5.41) is 14.3. The Bertz CT molecular complexity index is 576. The third kappa shape index (κ3) is 1.61. The molecule has 3 rings (SSSR count). The van der Waals surface area contributed by atoms with Crippen LogP contribution in [0, 0.1) is 5.92 Å². The molecule has 18 heavy (non-hydrogen) atoms. The lowest BCUT2D eigenvalue weighted by Gasteiger charge is -2.19. The molecule has 1 aliphatic heterocycles. The van der Waals surface area contributed by atoms with E-state index >= 15 is 0 Å². The molecule has 4 nitrogen and oxygen atoms in total. The summed E-state index contributed by atoms with van der Waals surface area (Å²) in [7, 11) is 2.05. The molecule has 1 aromatic heterocycles. The van der Waals surface area contributed by atoms with Gasteiger partial charge in [0.15, 0.2) is 0 Å². The Hall–Kier alpha value is -1.52. The third-order valence-electron chi connectivity index (χ3n) is 4.07. The third-order valence-corrected chi connectivity index (χ3v) is 4.07. The zero-order chi connectivity index (χ0) is 12.7. The van der Waals surface area contributed by atoms with Crippen LogP contribution in [0.4, 0.5) is 0 Å². The van der Waals surface area contributed by atoms with Crippen LogP contribution in [0.3, 0.4) is 0 Å². The predicted octanol–water partition coefficient (Wildman–Crippen LogP) is 1.49. The Morgan fingerprint density at radius 3 is 3.06 bits per heavy atom. The molecular weight excluding hydrogens is 226 g/mol. The molecule has 1 saturated heterocycles. The van der Waals surface area contributed by atoms with Gasteiger partial charge in [0, 0.05) is 18.1 Å². The summed E-state index contributed by atoms with van der Waals surface area (Å²) in [5.74, 6) is 0.826. The second-order valence-corrected chi connectivity index (χ2v) is 5.05. The largest absolute Gasteiger partial charge is 0.507 e. The number of fused-ring (bicyclic) bond motifs is 1. The van der Waals surface area contributed by atoms with Crippen molar-refractivity contribution in [3.63, 3.8) is 0 Å². The van der Waals surface area contributed by atoms with E-state index < -0.39 is 0 Å². The van der Waals surface area contributed by atoms with E-state index in [1.165, 1.54) is 5.69 Å². The van der Waals surface area contributed by atoms with Crippen LogP contribution in [-0.4, -0.2) is 22.8 Å². The van der Waals surface area contributed by atoms with Crippen LogP contribution in [0.15, 0.2) is 24.3 Å². The number of nitrogens with zero attached hydrogens (tertiary/aromatic N) is 1. The number of rotatable bonds is 2. The number of benzene rings is 1. The van der Waals surface area contributed by atoms with Gasteiger partial charge in [-0.25, -0.2) is 0 Å².